The van der Waals surface area contributed by atoms with Crippen molar-refractivity contribution in [3.8, 4) is 0 Å². The van der Waals surface area contributed by atoms with Crippen LogP contribution in [0.4, 0.5) is 5.69 Å². The first-order valence-electron chi connectivity index (χ1n) is 6.84. The number of carbonyl (C=O) groups excluding carboxylic acids is 1. The molecule has 0 bridgehead atoms. The molecule has 22 heavy (non-hydrogen) atoms. The maximum absolute atomic E-state index is 11.9. The molecular weight excluding hydrogens is 318 g/mol. The summed E-state index contributed by atoms with van der Waals surface area (Å²) in [6.07, 6.45) is 0.421. The second kappa shape index (κ2) is 6.85. The van der Waals surface area contributed by atoms with Gasteiger partial charge in [0.15, 0.2) is 5.16 Å². The summed E-state index contributed by atoms with van der Waals surface area (Å²) in [5, 5.41) is 4.33. The van der Waals surface area contributed by atoms with Gasteiger partial charge in [0.2, 0.25) is 5.91 Å². The van der Waals surface area contributed by atoms with E-state index in [4.69, 9.17) is 11.6 Å². The number of H-pyrrole nitrogens is 1. The van der Waals surface area contributed by atoms with Gasteiger partial charge in [-0.25, -0.2) is 4.98 Å². The molecule has 0 aliphatic heterocycles. The molecule has 0 fully saturated rings. The summed E-state index contributed by atoms with van der Waals surface area (Å²) in [5.41, 5.74) is 2.70. The molecule has 2 N–H and O–H groups in total. The van der Waals surface area contributed by atoms with Gasteiger partial charge in [-0.05, 0) is 36.4 Å². The van der Waals surface area contributed by atoms with Crippen molar-refractivity contribution in [2.75, 3.05) is 11.1 Å². The van der Waals surface area contributed by atoms with E-state index < -0.39 is 0 Å². The van der Waals surface area contributed by atoms with Crippen molar-refractivity contribution in [2.24, 2.45) is 0 Å². The average Bonchev–Trinajstić information content (AvgIpc) is 2.92. The summed E-state index contributed by atoms with van der Waals surface area (Å²) in [5.74, 6) is 0.644. The minimum atomic E-state index is -0.0223. The Morgan fingerprint density at radius 3 is 2.73 bits per heavy atom. The molecule has 0 saturated carbocycles. The van der Waals surface area contributed by atoms with Crippen molar-refractivity contribution in [3.63, 3.8) is 0 Å². The van der Waals surface area contributed by atoms with Crippen LogP contribution in [0.15, 0.2) is 53.7 Å². The van der Waals surface area contributed by atoms with Crippen molar-refractivity contribution in [1.29, 1.82) is 0 Å². The Bertz CT molecular complexity index is 752. The smallest absolute Gasteiger partial charge is 0.225 e. The number of thioether (sulfide) groups is 1. The van der Waals surface area contributed by atoms with E-state index in [1.165, 1.54) is 11.8 Å². The highest BCUT2D eigenvalue weighted by molar-refractivity contribution is 7.99. The quantitative estimate of drug-likeness (QED) is 0.684. The summed E-state index contributed by atoms with van der Waals surface area (Å²) in [6, 6.07) is 14.9. The third-order valence-electron chi connectivity index (χ3n) is 3.06. The first-order chi connectivity index (χ1) is 10.7. The number of nitrogens with zero attached hydrogens (tertiary/aromatic N) is 1. The van der Waals surface area contributed by atoms with Crippen molar-refractivity contribution in [2.45, 2.75) is 11.6 Å². The number of benzene rings is 2. The van der Waals surface area contributed by atoms with Gasteiger partial charge in [0.1, 0.15) is 0 Å². The first kappa shape index (κ1) is 14.9. The highest BCUT2D eigenvalue weighted by Crippen LogP contribution is 2.20. The Morgan fingerprint density at radius 2 is 1.95 bits per heavy atom. The van der Waals surface area contributed by atoms with Crippen molar-refractivity contribution in [1.82, 2.24) is 9.97 Å². The van der Waals surface area contributed by atoms with Gasteiger partial charge < -0.3 is 10.3 Å². The third-order valence-corrected chi connectivity index (χ3v) is 4.19. The number of hydrogen-bond donors (Lipinski definition) is 2. The second-order valence-corrected chi connectivity index (χ2v) is 6.23. The van der Waals surface area contributed by atoms with E-state index in [0.29, 0.717) is 17.2 Å². The van der Waals surface area contributed by atoms with E-state index in [0.717, 1.165) is 21.9 Å². The van der Waals surface area contributed by atoms with Crippen LogP contribution in [-0.2, 0) is 4.79 Å². The fraction of sp³-hybridized carbons (Fsp3) is 0.125. The van der Waals surface area contributed by atoms with E-state index in [9.17, 15) is 4.79 Å². The molecule has 0 saturated heterocycles. The number of fused-ring (bicyclic) bond motifs is 1. The number of aromatic amines is 1. The molecule has 0 atom stereocenters. The monoisotopic (exact) mass is 331 g/mol. The molecule has 0 aliphatic carbocycles. The molecule has 3 aromatic rings. The molecule has 0 radical (unpaired) electrons. The van der Waals surface area contributed by atoms with Crippen LogP contribution in [0.1, 0.15) is 6.42 Å². The van der Waals surface area contributed by atoms with Gasteiger partial charge in [-0.15, -0.1) is 0 Å². The van der Waals surface area contributed by atoms with E-state index in [-0.39, 0.29) is 5.91 Å². The second-order valence-electron chi connectivity index (χ2n) is 4.71. The van der Waals surface area contributed by atoms with Gasteiger partial charge in [0.25, 0.3) is 0 Å². The summed E-state index contributed by atoms with van der Waals surface area (Å²) < 4.78 is 0. The molecule has 6 heteroatoms. The minimum Gasteiger partial charge on any atom is -0.333 e. The zero-order chi connectivity index (χ0) is 15.4. The summed E-state index contributed by atoms with van der Waals surface area (Å²) in [4.78, 5) is 19.6. The molecule has 1 heterocycles. The Kier molecular flexibility index (Phi) is 4.65. The minimum absolute atomic E-state index is 0.0223. The Balaban J connectivity index is 1.49. The molecule has 1 amide bonds. The van der Waals surface area contributed by atoms with Crippen molar-refractivity contribution >= 4 is 46.0 Å². The van der Waals surface area contributed by atoms with Crippen LogP contribution in [-0.4, -0.2) is 21.6 Å². The number of hydrogen-bond acceptors (Lipinski definition) is 3. The lowest BCUT2D eigenvalue weighted by Gasteiger charge is -2.04. The van der Waals surface area contributed by atoms with Crippen LogP contribution in [0, 0.1) is 0 Å². The van der Waals surface area contributed by atoms with Gasteiger partial charge in [0.05, 0.1) is 11.0 Å². The van der Waals surface area contributed by atoms with Gasteiger partial charge in [-0.3, -0.25) is 4.79 Å². The molecular formula is C16H14ClN3OS. The first-order valence-corrected chi connectivity index (χ1v) is 8.20. The van der Waals surface area contributed by atoms with Gasteiger partial charge in [-0.1, -0.05) is 35.5 Å². The SMILES string of the molecule is O=C(CCSc1nc2ccccc2[nH]1)Nc1ccc(Cl)cc1. The van der Waals surface area contributed by atoms with Gasteiger partial charge in [0, 0.05) is 22.9 Å². The molecule has 0 aliphatic rings. The van der Waals surface area contributed by atoms with Crippen LogP contribution >= 0.6 is 23.4 Å². The molecule has 1 aromatic heterocycles. The Labute approximate surface area is 137 Å². The highest BCUT2D eigenvalue weighted by Gasteiger charge is 2.06. The zero-order valence-corrected chi connectivity index (χ0v) is 13.2. The predicted molar refractivity (Wildman–Crippen MR) is 91.5 cm³/mol. The number of imidazole rings is 1. The normalized spacial score (nSPS) is 10.8. The molecule has 0 spiro atoms. The topological polar surface area (TPSA) is 57.8 Å². The largest absolute Gasteiger partial charge is 0.333 e. The standard InChI is InChI=1S/C16H14ClN3OS/c17-11-5-7-12(8-6-11)18-15(21)9-10-22-16-19-13-3-1-2-4-14(13)20-16/h1-8H,9-10H2,(H,18,21)(H,19,20). The lowest BCUT2D eigenvalue weighted by atomic mass is 10.3. The number of rotatable bonds is 5. The Morgan fingerprint density at radius 1 is 1.18 bits per heavy atom. The number of amides is 1. The van der Waals surface area contributed by atoms with Crippen LogP contribution in [0.5, 0.6) is 0 Å². The Hall–Kier alpha value is -1.98. The van der Waals surface area contributed by atoms with Crippen LogP contribution in [0.3, 0.4) is 0 Å². The fourth-order valence-corrected chi connectivity index (χ4v) is 2.95. The number of carbonyl (C=O) groups is 1. The van der Waals surface area contributed by atoms with E-state index >= 15 is 0 Å². The van der Waals surface area contributed by atoms with Crippen LogP contribution in [0.2, 0.25) is 5.02 Å². The summed E-state index contributed by atoms with van der Waals surface area (Å²) >= 11 is 7.35. The molecule has 2 aromatic carbocycles. The van der Waals surface area contributed by atoms with E-state index in [1.807, 2.05) is 24.3 Å². The fourth-order valence-electron chi connectivity index (χ4n) is 1.99. The van der Waals surface area contributed by atoms with Crippen LogP contribution in [0.25, 0.3) is 11.0 Å². The number of aromatic nitrogens is 2. The maximum atomic E-state index is 11.9. The summed E-state index contributed by atoms with van der Waals surface area (Å²) in [6.45, 7) is 0. The average molecular weight is 332 g/mol. The maximum Gasteiger partial charge on any atom is 0.225 e. The van der Waals surface area contributed by atoms with Crippen LogP contribution < -0.4 is 5.32 Å². The lowest BCUT2D eigenvalue weighted by molar-refractivity contribution is -0.115. The van der Waals surface area contributed by atoms with Crippen molar-refractivity contribution in [3.05, 3.63) is 53.6 Å². The van der Waals surface area contributed by atoms with Gasteiger partial charge >= 0.3 is 0 Å². The number of para-hydroxylation sites is 2. The van der Waals surface area contributed by atoms with E-state index in [1.54, 1.807) is 24.3 Å². The van der Waals surface area contributed by atoms with Gasteiger partial charge in [-0.2, -0.15) is 0 Å². The molecule has 0 unspecified atom stereocenters. The third kappa shape index (κ3) is 3.81. The molecule has 3 rings (SSSR count). The number of halogens is 1. The summed E-state index contributed by atoms with van der Waals surface area (Å²) in [7, 11) is 0. The molecule has 112 valence electrons. The molecule has 4 nitrogen and oxygen atoms in total. The lowest BCUT2D eigenvalue weighted by Crippen LogP contribution is -2.12. The van der Waals surface area contributed by atoms with E-state index in [2.05, 4.69) is 15.3 Å². The van der Waals surface area contributed by atoms with Crippen molar-refractivity contribution < 1.29 is 4.79 Å². The zero-order valence-electron chi connectivity index (χ0n) is 11.7. The number of anilines is 1. The predicted octanol–water partition coefficient (Wildman–Crippen LogP) is 4.34. The number of nitrogens with one attached hydrogen (secondary N) is 2. The highest BCUT2D eigenvalue weighted by atomic mass is 35.5.